The Bertz CT molecular complexity index is 852. The van der Waals surface area contributed by atoms with Gasteiger partial charge in [-0.15, -0.1) is 0 Å². The molecule has 0 spiro atoms. The number of anilines is 1. The molecule has 2 aliphatic heterocycles. The lowest BCUT2D eigenvalue weighted by molar-refractivity contribution is -0.152. The number of benzene rings is 1. The van der Waals surface area contributed by atoms with Crippen LogP contribution in [0.2, 0.25) is 0 Å². The van der Waals surface area contributed by atoms with Gasteiger partial charge >= 0.3 is 0 Å². The smallest absolute Gasteiger partial charge is 0.254 e. The molecule has 31 heavy (non-hydrogen) atoms. The first kappa shape index (κ1) is 23.0. The summed E-state index contributed by atoms with van der Waals surface area (Å²) < 4.78 is 13.4. The lowest BCUT2D eigenvalue weighted by Crippen LogP contribution is -2.51. The third kappa shape index (κ3) is 5.32. The number of nitriles is 1. The Morgan fingerprint density at radius 1 is 1.26 bits per heavy atom. The fourth-order valence-corrected chi connectivity index (χ4v) is 4.33. The van der Waals surface area contributed by atoms with Crippen molar-refractivity contribution in [3.8, 4) is 6.07 Å². The average molecular weight is 432 g/mol. The first-order valence-electron chi connectivity index (χ1n) is 10.7. The topological polar surface area (TPSA) is 117 Å². The summed E-state index contributed by atoms with van der Waals surface area (Å²) in [5.41, 5.74) is 0.982. The van der Waals surface area contributed by atoms with Crippen LogP contribution in [0.15, 0.2) is 18.2 Å². The number of halogens is 1. The molecule has 3 N–H and O–H groups in total. The molecule has 9 heteroatoms. The number of hydrogen-bond donors (Lipinski definition) is 3. The molecule has 2 aliphatic rings. The quantitative estimate of drug-likeness (QED) is 0.607. The highest BCUT2D eigenvalue weighted by Gasteiger charge is 2.35. The minimum Gasteiger partial charge on any atom is -0.380 e. The summed E-state index contributed by atoms with van der Waals surface area (Å²) in [5.74, 6) is -1.53. The van der Waals surface area contributed by atoms with Crippen molar-refractivity contribution in [1.82, 2.24) is 10.2 Å². The summed E-state index contributed by atoms with van der Waals surface area (Å²) in [7, 11) is 0. The zero-order valence-electron chi connectivity index (χ0n) is 17.6. The highest BCUT2D eigenvalue weighted by Crippen LogP contribution is 2.29. The largest absolute Gasteiger partial charge is 0.380 e. The maximum absolute atomic E-state index is 13.4. The number of carbonyl (C=O) groups excluding carboxylic acids is 2. The predicted molar refractivity (Wildman–Crippen MR) is 111 cm³/mol. The summed E-state index contributed by atoms with van der Waals surface area (Å²) in [6, 6.07) is 6.20. The minimum atomic E-state index is -1.80. The van der Waals surface area contributed by atoms with Crippen LogP contribution >= 0.6 is 0 Å². The van der Waals surface area contributed by atoms with E-state index in [1.165, 1.54) is 17.0 Å². The molecule has 0 bridgehead atoms. The third-order valence-electron chi connectivity index (χ3n) is 6.28. The molecule has 4 unspecified atom stereocenters. The van der Waals surface area contributed by atoms with Crippen LogP contribution in [0.4, 0.5) is 10.1 Å². The number of nitrogens with zero attached hydrogens (tertiary/aromatic N) is 3. The van der Waals surface area contributed by atoms with Gasteiger partial charge in [-0.25, -0.2) is 4.39 Å². The number of amides is 2. The molecule has 1 aromatic carbocycles. The SMILES string of the molecule is CC1CN(c2ccc(F)cc2C#N)CCC1CNC(=O)C(O)C(O)C(=O)N1CCCC1. The van der Waals surface area contributed by atoms with Gasteiger partial charge in [0.15, 0.2) is 12.2 Å². The van der Waals surface area contributed by atoms with Crippen molar-refractivity contribution >= 4 is 17.5 Å². The molecule has 0 aliphatic carbocycles. The number of nitrogens with one attached hydrogen (secondary N) is 1. The molecule has 2 heterocycles. The Morgan fingerprint density at radius 3 is 2.61 bits per heavy atom. The molecule has 1 aromatic rings. The second-order valence-corrected chi connectivity index (χ2v) is 8.41. The van der Waals surface area contributed by atoms with Gasteiger partial charge in [0.25, 0.3) is 11.8 Å². The van der Waals surface area contributed by atoms with Crippen molar-refractivity contribution < 1.29 is 24.2 Å². The molecule has 2 saturated heterocycles. The molecule has 8 nitrogen and oxygen atoms in total. The molecule has 168 valence electrons. The monoisotopic (exact) mass is 432 g/mol. The van der Waals surface area contributed by atoms with Crippen LogP contribution in [-0.4, -0.2) is 71.9 Å². The van der Waals surface area contributed by atoms with Gasteiger partial charge in [0, 0.05) is 32.7 Å². The zero-order valence-corrected chi connectivity index (χ0v) is 17.6. The van der Waals surface area contributed by atoms with E-state index in [1.54, 1.807) is 6.07 Å². The van der Waals surface area contributed by atoms with E-state index >= 15 is 0 Å². The Labute approximate surface area is 181 Å². The standard InChI is InChI=1S/C22H29FN4O4/c1-14-13-27(18-5-4-17(23)10-16(18)11-24)9-6-15(14)12-25-21(30)19(28)20(29)22(31)26-7-2-3-8-26/h4-5,10,14-15,19-20,28-29H,2-3,6-9,12-13H2,1H3,(H,25,30). The summed E-state index contributed by atoms with van der Waals surface area (Å²) in [6.07, 6.45) is -1.13. The molecule has 3 rings (SSSR count). The molecular formula is C22H29FN4O4. The van der Waals surface area contributed by atoms with Crippen LogP contribution in [0, 0.1) is 29.0 Å². The molecular weight excluding hydrogens is 403 g/mol. The summed E-state index contributed by atoms with van der Waals surface area (Å²) in [4.78, 5) is 28.0. The van der Waals surface area contributed by atoms with Gasteiger partial charge in [0.1, 0.15) is 11.9 Å². The maximum Gasteiger partial charge on any atom is 0.254 e. The van der Waals surface area contributed by atoms with Gasteiger partial charge in [-0.3, -0.25) is 9.59 Å². The Morgan fingerprint density at radius 2 is 1.97 bits per heavy atom. The van der Waals surface area contributed by atoms with Crippen LogP contribution in [0.1, 0.15) is 31.7 Å². The second kappa shape index (κ2) is 10.1. The fraction of sp³-hybridized carbons (Fsp3) is 0.591. The molecule has 0 radical (unpaired) electrons. The maximum atomic E-state index is 13.4. The van der Waals surface area contributed by atoms with Crippen molar-refractivity contribution in [3.05, 3.63) is 29.6 Å². The number of carbonyl (C=O) groups is 2. The molecule has 0 aromatic heterocycles. The van der Waals surface area contributed by atoms with E-state index < -0.39 is 29.8 Å². The Kier molecular flexibility index (Phi) is 7.46. The number of likely N-dealkylation sites (tertiary alicyclic amines) is 1. The number of rotatable bonds is 6. The Balaban J connectivity index is 1.51. The van der Waals surface area contributed by atoms with E-state index in [9.17, 15) is 29.5 Å². The van der Waals surface area contributed by atoms with Crippen molar-refractivity contribution in [2.24, 2.45) is 11.8 Å². The first-order chi connectivity index (χ1) is 14.8. The highest BCUT2D eigenvalue weighted by atomic mass is 19.1. The number of piperidine rings is 1. The van der Waals surface area contributed by atoms with Gasteiger partial charge in [0.2, 0.25) is 0 Å². The number of aliphatic hydroxyl groups excluding tert-OH is 2. The van der Waals surface area contributed by atoms with Crippen LogP contribution in [-0.2, 0) is 9.59 Å². The predicted octanol–water partition coefficient (Wildman–Crippen LogP) is 0.620. The fourth-order valence-electron chi connectivity index (χ4n) is 4.33. The van der Waals surface area contributed by atoms with Gasteiger partial charge in [-0.1, -0.05) is 6.92 Å². The second-order valence-electron chi connectivity index (χ2n) is 8.41. The number of aliphatic hydroxyl groups is 2. The zero-order chi connectivity index (χ0) is 22.5. The van der Waals surface area contributed by atoms with Crippen molar-refractivity contribution in [3.63, 3.8) is 0 Å². The average Bonchev–Trinajstić information content (AvgIpc) is 3.31. The molecule has 2 amide bonds. The van der Waals surface area contributed by atoms with Gasteiger partial charge in [0.05, 0.1) is 11.3 Å². The summed E-state index contributed by atoms with van der Waals surface area (Å²) >= 11 is 0. The summed E-state index contributed by atoms with van der Waals surface area (Å²) in [6.45, 7) is 4.68. The van der Waals surface area contributed by atoms with E-state index in [4.69, 9.17) is 0 Å². The number of hydrogen-bond acceptors (Lipinski definition) is 6. The van der Waals surface area contributed by atoms with E-state index in [2.05, 4.69) is 5.32 Å². The highest BCUT2D eigenvalue weighted by molar-refractivity contribution is 5.90. The van der Waals surface area contributed by atoms with Crippen LogP contribution in [0.5, 0.6) is 0 Å². The van der Waals surface area contributed by atoms with E-state index in [0.29, 0.717) is 44.0 Å². The van der Waals surface area contributed by atoms with Gasteiger partial charge < -0.3 is 25.3 Å². The third-order valence-corrected chi connectivity index (χ3v) is 6.28. The van der Waals surface area contributed by atoms with E-state index in [1.807, 2.05) is 17.9 Å². The van der Waals surface area contributed by atoms with Crippen molar-refractivity contribution in [2.45, 2.75) is 38.4 Å². The first-order valence-corrected chi connectivity index (χ1v) is 10.7. The van der Waals surface area contributed by atoms with Crippen molar-refractivity contribution in [2.75, 3.05) is 37.6 Å². The van der Waals surface area contributed by atoms with Crippen LogP contribution in [0.25, 0.3) is 0 Å². The van der Waals surface area contributed by atoms with E-state index in [0.717, 1.165) is 19.3 Å². The lowest BCUT2D eigenvalue weighted by atomic mass is 9.86. The summed E-state index contributed by atoms with van der Waals surface area (Å²) in [5, 5.41) is 32.1. The lowest BCUT2D eigenvalue weighted by Gasteiger charge is -2.38. The molecule has 0 saturated carbocycles. The normalized spacial score (nSPS) is 23.2. The van der Waals surface area contributed by atoms with Gasteiger partial charge in [-0.05, 0) is 49.3 Å². The Hall–Kier alpha value is -2.70. The van der Waals surface area contributed by atoms with Gasteiger partial charge in [-0.2, -0.15) is 5.26 Å². The van der Waals surface area contributed by atoms with E-state index in [-0.39, 0.29) is 11.8 Å². The van der Waals surface area contributed by atoms with Crippen LogP contribution < -0.4 is 10.2 Å². The minimum absolute atomic E-state index is 0.129. The van der Waals surface area contributed by atoms with Crippen molar-refractivity contribution in [1.29, 1.82) is 5.26 Å². The molecule has 2 fully saturated rings. The molecule has 4 atom stereocenters. The van der Waals surface area contributed by atoms with Crippen LogP contribution in [0.3, 0.4) is 0 Å².